The van der Waals surface area contributed by atoms with Crippen molar-refractivity contribution in [2.45, 2.75) is 0 Å². The number of carbonyl (C=O) groups is 1. The van der Waals surface area contributed by atoms with Gasteiger partial charge in [-0.1, -0.05) is 0 Å². The summed E-state index contributed by atoms with van der Waals surface area (Å²) in [6.07, 6.45) is 0. The van der Waals surface area contributed by atoms with Gasteiger partial charge in [-0.3, -0.25) is 10.7 Å². The van der Waals surface area contributed by atoms with E-state index in [0.29, 0.717) is 0 Å². The molecular formula is C5H3KN2O2. The summed E-state index contributed by atoms with van der Waals surface area (Å²) in [7, 11) is 1.12. The zero-order valence-electron chi connectivity index (χ0n) is 5.71. The summed E-state index contributed by atoms with van der Waals surface area (Å²) >= 11 is 0. The number of nitrogens with zero attached hydrogens (tertiary/aromatic N) is 2. The molecule has 0 saturated heterocycles. The number of esters is 1. The number of rotatable bonds is 1. The average molecular weight is 162 g/mol. The van der Waals surface area contributed by atoms with Crippen LogP contribution in [0.3, 0.4) is 0 Å². The molecule has 0 rings (SSSR count). The average Bonchev–Trinajstić information content (AvgIpc) is 1.90. The fourth-order valence-corrected chi connectivity index (χ4v) is 0.213. The fourth-order valence-electron chi connectivity index (χ4n) is 0.213. The molecule has 0 unspecified atom stereocenters. The zero-order valence-corrected chi connectivity index (χ0v) is 8.83. The Morgan fingerprint density at radius 1 is 1.80 bits per heavy atom. The Bertz CT molecular complexity index is 212. The van der Waals surface area contributed by atoms with Crippen LogP contribution < -0.4 is 51.4 Å². The van der Waals surface area contributed by atoms with E-state index in [4.69, 9.17) is 12.0 Å². The second-order valence-electron chi connectivity index (χ2n) is 1.06. The summed E-state index contributed by atoms with van der Waals surface area (Å²) in [4.78, 5) is 12.9. The standard InChI is InChI=1S/C5H3N2O2.K/c1-7-4(3-6)5(8)9-2;/h2H3;/q-1;+1. The van der Waals surface area contributed by atoms with Gasteiger partial charge in [0.25, 0.3) is 5.70 Å². The van der Waals surface area contributed by atoms with Gasteiger partial charge in [0, 0.05) is 0 Å². The van der Waals surface area contributed by atoms with Crippen molar-refractivity contribution in [2.24, 2.45) is 0 Å². The van der Waals surface area contributed by atoms with E-state index in [1.54, 1.807) is 0 Å². The number of carbonyl (C=O) groups excluding carboxylic acids is 1. The molecule has 0 radical (unpaired) electrons. The minimum atomic E-state index is -0.882. The molecule has 0 aromatic rings. The van der Waals surface area contributed by atoms with Crippen LogP contribution >= 0.6 is 0 Å². The Morgan fingerprint density at radius 3 is 2.40 bits per heavy atom. The Morgan fingerprint density at radius 2 is 2.30 bits per heavy atom. The van der Waals surface area contributed by atoms with Crippen molar-refractivity contribution < 1.29 is 60.9 Å². The summed E-state index contributed by atoms with van der Waals surface area (Å²) in [6.45, 7) is 6.26. The van der Waals surface area contributed by atoms with E-state index in [-0.39, 0.29) is 51.4 Å². The van der Waals surface area contributed by atoms with Crippen LogP contribution in [0.1, 0.15) is 0 Å². The molecular weight excluding hydrogens is 159 g/mol. The van der Waals surface area contributed by atoms with Crippen LogP contribution in [-0.4, -0.2) is 18.9 Å². The fraction of sp³-hybridized carbons (Fsp3) is 0.200. The molecule has 4 nitrogen and oxygen atoms in total. The molecule has 0 fully saturated rings. The molecule has 0 aromatic heterocycles. The van der Waals surface area contributed by atoms with Crippen molar-refractivity contribution >= 4 is 11.8 Å². The zero-order chi connectivity index (χ0) is 7.28. The summed E-state index contributed by atoms with van der Waals surface area (Å²) in [5.41, 5.74) is -0.544. The molecule has 0 spiro atoms. The van der Waals surface area contributed by atoms with Gasteiger partial charge in [0.15, 0.2) is 0 Å². The van der Waals surface area contributed by atoms with Crippen molar-refractivity contribution in [3.63, 3.8) is 0 Å². The van der Waals surface area contributed by atoms with Crippen LogP contribution in [-0.2, 0) is 9.53 Å². The maximum absolute atomic E-state index is 10.3. The Hall–Kier alpha value is 0.0464. The topological polar surface area (TPSA) is 53.0 Å². The number of hydrogen-bond donors (Lipinski definition) is 0. The maximum atomic E-state index is 10.3. The molecule has 0 aliphatic carbocycles. The summed E-state index contributed by atoms with van der Waals surface area (Å²) in [5, 5.41) is 8.03. The second kappa shape index (κ2) is 7.16. The molecule has 0 saturated carbocycles. The first-order chi connectivity index (χ1) is 4.26. The maximum Gasteiger partial charge on any atom is 1.00 e. The summed E-state index contributed by atoms with van der Waals surface area (Å²) in [5.74, 6) is 0.508. The van der Waals surface area contributed by atoms with Gasteiger partial charge in [0.2, 0.25) is 0 Å². The van der Waals surface area contributed by atoms with Crippen molar-refractivity contribution in [1.29, 1.82) is 0 Å². The van der Waals surface area contributed by atoms with E-state index >= 15 is 0 Å². The molecule has 10 heavy (non-hydrogen) atoms. The second-order valence-corrected chi connectivity index (χ2v) is 1.06. The monoisotopic (exact) mass is 162 g/mol. The van der Waals surface area contributed by atoms with E-state index in [1.807, 2.05) is 0 Å². The van der Waals surface area contributed by atoms with Gasteiger partial charge in [-0.15, -0.1) is 0 Å². The molecule has 0 bridgehead atoms. The van der Waals surface area contributed by atoms with Gasteiger partial charge in [0.1, 0.15) is 0 Å². The van der Waals surface area contributed by atoms with E-state index < -0.39 is 11.7 Å². The van der Waals surface area contributed by atoms with Crippen molar-refractivity contribution in [3.05, 3.63) is 22.5 Å². The summed E-state index contributed by atoms with van der Waals surface area (Å²) in [6, 6.07) is 0. The third-order valence-electron chi connectivity index (χ3n) is 0.596. The van der Waals surface area contributed by atoms with Crippen LogP contribution in [0.25, 0.3) is 10.3 Å². The first-order valence-corrected chi connectivity index (χ1v) is 1.99. The Labute approximate surface area is 101 Å². The Balaban J connectivity index is 0. The SMILES string of the molecule is [C-]#[N+]C(=C=[N-])C(=O)OC.[K+]. The largest absolute Gasteiger partial charge is 1.00 e. The van der Waals surface area contributed by atoms with Crippen LogP contribution in [0.15, 0.2) is 5.70 Å². The van der Waals surface area contributed by atoms with Crippen molar-refractivity contribution in [3.8, 4) is 0 Å². The smallest absolute Gasteiger partial charge is 0.775 e. The predicted octanol–water partition coefficient (Wildman–Crippen LogP) is -2.79. The van der Waals surface area contributed by atoms with Gasteiger partial charge < -0.3 is 10.1 Å². The Kier molecular flexibility index (Phi) is 9.09. The molecule has 0 heterocycles. The first-order valence-electron chi connectivity index (χ1n) is 1.99. The van der Waals surface area contributed by atoms with Gasteiger partial charge in [-0.05, 0) is 0 Å². The molecule has 0 N–H and O–H groups in total. The van der Waals surface area contributed by atoms with Gasteiger partial charge >= 0.3 is 57.4 Å². The molecule has 5 heteroatoms. The van der Waals surface area contributed by atoms with E-state index in [2.05, 4.69) is 9.58 Å². The van der Waals surface area contributed by atoms with Gasteiger partial charge in [-0.25, -0.2) is 4.85 Å². The number of methoxy groups -OCH3 is 1. The van der Waals surface area contributed by atoms with Crippen LogP contribution in [0.5, 0.6) is 0 Å². The van der Waals surface area contributed by atoms with Crippen LogP contribution in [0.2, 0.25) is 0 Å². The van der Waals surface area contributed by atoms with E-state index in [9.17, 15) is 4.79 Å². The van der Waals surface area contributed by atoms with Gasteiger partial charge in [0.05, 0.1) is 13.7 Å². The first kappa shape index (κ1) is 12.7. The molecule has 0 amide bonds. The number of hydrogen-bond acceptors (Lipinski definition) is 2. The van der Waals surface area contributed by atoms with Crippen LogP contribution in [0.4, 0.5) is 0 Å². The quantitative estimate of drug-likeness (QED) is 0.137. The third-order valence-corrected chi connectivity index (χ3v) is 0.596. The molecule has 0 aliphatic rings. The van der Waals surface area contributed by atoms with E-state index in [1.165, 1.54) is 5.87 Å². The van der Waals surface area contributed by atoms with Gasteiger partial charge in [-0.2, -0.15) is 0 Å². The minimum absolute atomic E-state index is 0. The van der Waals surface area contributed by atoms with Crippen molar-refractivity contribution in [2.75, 3.05) is 7.11 Å². The minimum Gasteiger partial charge on any atom is -0.775 e. The summed E-state index contributed by atoms with van der Waals surface area (Å²) < 4.78 is 4.08. The predicted molar refractivity (Wildman–Crippen MR) is 30.5 cm³/mol. The van der Waals surface area contributed by atoms with Crippen molar-refractivity contribution in [1.82, 2.24) is 0 Å². The molecule has 46 valence electrons. The van der Waals surface area contributed by atoms with Crippen LogP contribution in [0, 0.1) is 6.57 Å². The normalized spacial score (nSPS) is 6.00. The molecule has 0 aromatic carbocycles. The third kappa shape index (κ3) is 3.96. The molecule has 0 aliphatic heterocycles. The molecule has 0 atom stereocenters. The van der Waals surface area contributed by atoms with E-state index in [0.717, 1.165) is 7.11 Å². The number of ether oxygens (including phenoxy) is 1.